The summed E-state index contributed by atoms with van der Waals surface area (Å²) in [7, 11) is 1.63. The van der Waals surface area contributed by atoms with Crippen LogP contribution in [0.2, 0.25) is 0 Å². The largest absolute Gasteiger partial charge is 0.481 e. The SMILES string of the molecule is Cn1ccc(C(=O)N2CCC(CCC(=O)O)C2)cc1=O. The molecule has 0 bridgehead atoms. The fourth-order valence-electron chi connectivity index (χ4n) is 2.44. The maximum absolute atomic E-state index is 12.3. The molecule has 1 aliphatic heterocycles. The molecule has 1 unspecified atom stereocenters. The van der Waals surface area contributed by atoms with Crippen molar-refractivity contribution in [1.29, 1.82) is 0 Å². The molecule has 1 fully saturated rings. The van der Waals surface area contributed by atoms with Gasteiger partial charge < -0.3 is 14.6 Å². The highest BCUT2D eigenvalue weighted by Crippen LogP contribution is 2.22. The van der Waals surface area contributed by atoms with Gasteiger partial charge in [0.25, 0.3) is 11.5 Å². The zero-order chi connectivity index (χ0) is 14.7. The van der Waals surface area contributed by atoms with Crippen molar-refractivity contribution in [3.8, 4) is 0 Å². The Balaban J connectivity index is 1.98. The van der Waals surface area contributed by atoms with Gasteiger partial charge in [0.2, 0.25) is 0 Å². The molecular formula is C14H18N2O4. The first-order chi connectivity index (χ1) is 9.47. The number of carboxylic acid groups (broad SMARTS) is 1. The van der Waals surface area contributed by atoms with E-state index in [2.05, 4.69) is 0 Å². The molecule has 1 aromatic heterocycles. The van der Waals surface area contributed by atoms with E-state index in [9.17, 15) is 14.4 Å². The molecule has 1 atom stereocenters. The van der Waals surface area contributed by atoms with Crippen LogP contribution in [0.5, 0.6) is 0 Å². The molecule has 2 rings (SSSR count). The van der Waals surface area contributed by atoms with Gasteiger partial charge in [-0.2, -0.15) is 0 Å². The monoisotopic (exact) mass is 278 g/mol. The van der Waals surface area contributed by atoms with E-state index in [4.69, 9.17) is 5.11 Å². The van der Waals surface area contributed by atoms with Gasteiger partial charge in [0.1, 0.15) is 0 Å². The van der Waals surface area contributed by atoms with Crippen LogP contribution in [-0.4, -0.2) is 39.5 Å². The number of aromatic nitrogens is 1. The maximum atomic E-state index is 12.3. The van der Waals surface area contributed by atoms with Gasteiger partial charge in [-0.05, 0) is 24.8 Å². The molecule has 0 radical (unpaired) electrons. The van der Waals surface area contributed by atoms with Crippen molar-refractivity contribution in [2.24, 2.45) is 13.0 Å². The van der Waals surface area contributed by atoms with E-state index in [-0.39, 0.29) is 23.8 Å². The molecule has 1 saturated heterocycles. The van der Waals surface area contributed by atoms with E-state index in [0.29, 0.717) is 25.1 Å². The van der Waals surface area contributed by atoms with Crippen LogP contribution in [0.25, 0.3) is 0 Å². The van der Waals surface area contributed by atoms with Crippen LogP contribution in [0.4, 0.5) is 0 Å². The molecule has 6 nitrogen and oxygen atoms in total. The number of carbonyl (C=O) groups excluding carboxylic acids is 1. The lowest BCUT2D eigenvalue weighted by molar-refractivity contribution is -0.137. The number of aryl methyl sites for hydroxylation is 1. The first-order valence-corrected chi connectivity index (χ1v) is 6.65. The molecule has 0 aliphatic carbocycles. The third kappa shape index (κ3) is 3.26. The summed E-state index contributed by atoms with van der Waals surface area (Å²) in [4.78, 5) is 36.0. The minimum atomic E-state index is -0.804. The highest BCUT2D eigenvalue weighted by molar-refractivity contribution is 5.94. The average molecular weight is 278 g/mol. The zero-order valence-electron chi connectivity index (χ0n) is 11.4. The van der Waals surface area contributed by atoms with Crippen LogP contribution in [0.15, 0.2) is 23.1 Å². The number of hydrogen-bond donors (Lipinski definition) is 1. The summed E-state index contributed by atoms with van der Waals surface area (Å²) in [5.74, 6) is -0.719. The third-order valence-electron chi connectivity index (χ3n) is 3.69. The van der Waals surface area contributed by atoms with Crippen molar-refractivity contribution < 1.29 is 14.7 Å². The van der Waals surface area contributed by atoms with Gasteiger partial charge in [0.15, 0.2) is 0 Å². The van der Waals surface area contributed by atoms with E-state index < -0.39 is 5.97 Å². The molecule has 0 spiro atoms. The summed E-state index contributed by atoms with van der Waals surface area (Å²) >= 11 is 0. The number of amides is 1. The van der Waals surface area contributed by atoms with E-state index in [1.165, 1.54) is 10.6 Å². The number of pyridine rings is 1. The minimum absolute atomic E-state index is 0.137. The second-order valence-corrected chi connectivity index (χ2v) is 5.20. The maximum Gasteiger partial charge on any atom is 0.303 e. The van der Waals surface area contributed by atoms with Crippen molar-refractivity contribution in [2.75, 3.05) is 13.1 Å². The first-order valence-electron chi connectivity index (χ1n) is 6.65. The van der Waals surface area contributed by atoms with Crippen LogP contribution in [-0.2, 0) is 11.8 Å². The number of likely N-dealkylation sites (tertiary alicyclic amines) is 1. The molecule has 1 N–H and O–H groups in total. The highest BCUT2D eigenvalue weighted by Gasteiger charge is 2.27. The number of carboxylic acids is 1. The highest BCUT2D eigenvalue weighted by atomic mass is 16.4. The Hall–Kier alpha value is -2.11. The van der Waals surface area contributed by atoms with Gasteiger partial charge in [-0.25, -0.2) is 0 Å². The van der Waals surface area contributed by atoms with Crippen molar-refractivity contribution in [3.05, 3.63) is 34.2 Å². The lowest BCUT2D eigenvalue weighted by atomic mass is 10.0. The zero-order valence-corrected chi connectivity index (χ0v) is 11.4. The molecule has 6 heteroatoms. The van der Waals surface area contributed by atoms with Crippen LogP contribution in [0.3, 0.4) is 0 Å². The number of aliphatic carboxylic acids is 1. The molecule has 0 aromatic carbocycles. The van der Waals surface area contributed by atoms with Crippen molar-refractivity contribution in [1.82, 2.24) is 9.47 Å². The molecular weight excluding hydrogens is 260 g/mol. The lowest BCUT2D eigenvalue weighted by Gasteiger charge is -2.16. The molecule has 108 valence electrons. The Morgan fingerprint density at radius 2 is 2.20 bits per heavy atom. The summed E-state index contributed by atoms with van der Waals surface area (Å²) in [6.45, 7) is 1.19. The predicted octanol–water partition coefficient (Wildman–Crippen LogP) is 0.712. The standard InChI is InChI=1S/C14H18N2O4/c1-15-6-5-11(8-12(15)17)14(20)16-7-4-10(9-16)2-3-13(18)19/h5-6,8,10H,2-4,7,9H2,1H3,(H,18,19). The lowest BCUT2D eigenvalue weighted by Crippen LogP contribution is -2.30. The van der Waals surface area contributed by atoms with Crippen LogP contribution < -0.4 is 5.56 Å². The first kappa shape index (κ1) is 14.3. The Bertz CT molecular complexity index is 579. The average Bonchev–Trinajstić information content (AvgIpc) is 2.87. The third-order valence-corrected chi connectivity index (χ3v) is 3.69. The number of rotatable bonds is 4. The Morgan fingerprint density at radius 1 is 1.45 bits per heavy atom. The van der Waals surface area contributed by atoms with Gasteiger partial charge in [-0.1, -0.05) is 0 Å². The van der Waals surface area contributed by atoms with Crippen LogP contribution in [0.1, 0.15) is 29.6 Å². The normalized spacial score (nSPS) is 18.2. The Kier molecular flexibility index (Phi) is 4.22. The minimum Gasteiger partial charge on any atom is -0.481 e. The fourth-order valence-corrected chi connectivity index (χ4v) is 2.44. The van der Waals surface area contributed by atoms with Crippen molar-refractivity contribution in [3.63, 3.8) is 0 Å². The summed E-state index contributed by atoms with van der Waals surface area (Å²) in [5, 5.41) is 8.67. The number of nitrogens with zero attached hydrogens (tertiary/aromatic N) is 2. The molecule has 2 heterocycles. The van der Waals surface area contributed by atoms with Crippen LogP contribution >= 0.6 is 0 Å². The van der Waals surface area contributed by atoms with Crippen molar-refractivity contribution >= 4 is 11.9 Å². The van der Waals surface area contributed by atoms with E-state index >= 15 is 0 Å². The van der Waals surface area contributed by atoms with Gasteiger partial charge in [0, 0.05) is 44.4 Å². The second-order valence-electron chi connectivity index (χ2n) is 5.20. The molecule has 20 heavy (non-hydrogen) atoms. The Morgan fingerprint density at radius 3 is 2.85 bits per heavy atom. The number of hydrogen-bond acceptors (Lipinski definition) is 3. The van der Waals surface area contributed by atoms with Crippen LogP contribution in [0, 0.1) is 5.92 Å². The second kappa shape index (κ2) is 5.90. The van der Waals surface area contributed by atoms with Gasteiger partial charge in [-0.15, -0.1) is 0 Å². The van der Waals surface area contributed by atoms with Crippen molar-refractivity contribution in [2.45, 2.75) is 19.3 Å². The van der Waals surface area contributed by atoms with E-state index in [1.807, 2.05) is 0 Å². The summed E-state index contributed by atoms with van der Waals surface area (Å²) in [6, 6.07) is 2.97. The molecule has 1 amide bonds. The summed E-state index contributed by atoms with van der Waals surface area (Å²) in [5.41, 5.74) is 0.185. The fraction of sp³-hybridized carbons (Fsp3) is 0.500. The Labute approximate surface area is 116 Å². The quantitative estimate of drug-likeness (QED) is 0.879. The molecule has 1 aromatic rings. The summed E-state index contributed by atoms with van der Waals surface area (Å²) < 4.78 is 1.41. The van der Waals surface area contributed by atoms with Gasteiger partial charge in [-0.3, -0.25) is 14.4 Å². The van der Waals surface area contributed by atoms with Gasteiger partial charge >= 0.3 is 5.97 Å². The smallest absolute Gasteiger partial charge is 0.303 e. The van der Waals surface area contributed by atoms with E-state index in [1.54, 1.807) is 24.2 Å². The van der Waals surface area contributed by atoms with E-state index in [0.717, 1.165) is 6.42 Å². The predicted molar refractivity (Wildman–Crippen MR) is 72.6 cm³/mol. The molecule has 0 saturated carbocycles. The summed E-state index contributed by atoms with van der Waals surface area (Å²) in [6.07, 6.45) is 3.13. The van der Waals surface area contributed by atoms with Gasteiger partial charge in [0.05, 0.1) is 0 Å². The number of carbonyl (C=O) groups is 2. The topological polar surface area (TPSA) is 79.6 Å². The molecule has 1 aliphatic rings.